The smallest absolute Gasteiger partial charge is 0.226 e. The van der Waals surface area contributed by atoms with Crippen LogP contribution in [0.2, 0.25) is 0 Å². The SMILES string of the molecule is CCc1nccn1-c1cccc([C@H]2CCCN2C(=O)C2CCCC2)n1. The molecule has 0 bridgehead atoms. The normalized spacial score (nSPS) is 21.2. The summed E-state index contributed by atoms with van der Waals surface area (Å²) >= 11 is 0. The molecule has 0 aromatic carbocycles. The zero-order chi connectivity index (χ0) is 17.2. The first-order chi connectivity index (χ1) is 12.3. The van der Waals surface area contributed by atoms with E-state index in [1.807, 2.05) is 29.1 Å². The molecule has 5 nitrogen and oxygen atoms in total. The second kappa shape index (κ2) is 6.98. The van der Waals surface area contributed by atoms with Crippen molar-refractivity contribution in [3.05, 3.63) is 42.1 Å². The number of hydrogen-bond acceptors (Lipinski definition) is 3. The maximum Gasteiger partial charge on any atom is 0.226 e. The first-order valence-electron chi connectivity index (χ1n) is 9.58. The Bertz CT molecular complexity index is 748. The number of carbonyl (C=O) groups excluding carboxylic acids is 1. The van der Waals surface area contributed by atoms with Gasteiger partial charge in [0.2, 0.25) is 5.91 Å². The number of aromatic nitrogens is 3. The van der Waals surface area contributed by atoms with Gasteiger partial charge in [0, 0.05) is 31.3 Å². The summed E-state index contributed by atoms with van der Waals surface area (Å²) in [6.07, 6.45) is 11.2. The molecule has 2 aromatic heterocycles. The molecule has 0 radical (unpaired) electrons. The van der Waals surface area contributed by atoms with Gasteiger partial charge in [-0.05, 0) is 37.8 Å². The highest BCUT2D eigenvalue weighted by Gasteiger charge is 2.35. The molecule has 2 aliphatic rings. The van der Waals surface area contributed by atoms with Crippen LogP contribution >= 0.6 is 0 Å². The lowest BCUT2D eigenvalue weighted by Crippen LogP contribution is -2.35. The van der Waals surface area contributed by atoms with Crippen LogP contribution in [-0.4, -0.2) is 31.9 Å². The van der Waals surface area contributed by atoms with Crippen LogP contribution < -0.4 is 0 Å². The fourth-order valence-electron chi connectivity index (χ4n) is 4.31. The van der Waals surface area contributed by atoms with Crippen LogP contribution in [0, 0.1) is 5.92 Å². The zero-order valence-electron chi connectivity index (χ0n) is 14.9. The number of imidazole rings is 1. The Morgan fingerprint density at radius 2 is 2.04 bits per heavy atom. The van der Waals surface area contributed by atoms with E-state index >= 15 is 0 Å². The predicted molar refractivity (Wildman–Crippen MR) is 96.4 cm³/mol. The molecule has 1 aliphatic heterocycles. The van der Waals surface area contributed by atoms with E-state index in [4.69, 9.17) is 4.98 Å². The Balaban J connectivity index is 1.60. The van der Waals surface area contributed by atoms with Crippen molar-refractivity contribution in [3.8, 4) is 5.82 Å². The van der Waals surface area contributed by atoms with Gasteiger partial charge in [0.05, 0.1) is 11.7 Å². The minimum absolute atomic E-state index is 0.127. The summed E-state index contributed by atoms with van der Waals surface area (Å²) in [5, 5.41) is 0. The molecular weight excluding hydrogens is 312 g/mol. The molecule has 0 N–H and O–H groups in total. The summed E-state index contributed by atoms with van der Waals surface area (Å²) in [5.41, 5.74) is 1.01. The van der Waals surface area contributed by atoms with Gasteiger partial charge in [-0.2, -0.15) is 0 Å². The molecule has 132 valence electrons. The quantitative estimate of drug-likeness (QED) is 0.854. The van der Waals surface area contributed by atoms with Gasteiger partial charge in [0.15, 0.2) is 0 Å². The van der Waals surface area contributed by atoms with Crippen LogP contribution in [0.4, 0.5) is 0 Å². The van der Waals surface area contributed by atoms with Gasteiger partial charge in [-0.25, -0.2) is 9.97 Å². The van der Waals surface area contributed by atoms with Crippen molar-refractivity contribution in [1.29, 1.82) is 0 Å². The highest BCUT2D eigenvalue weighted by Crippen LogP contribution is 2.35. The highest BCUT2D eigenvalue weighted by molar-refractivity contribution is 5.79. The van der Waals surface area contributed by atoms with E-state index in [1.54, 1.807) is 0 Å². The summed E-state index contributed by atoms with van der Waals surface area (Å²) in [4.78, 5) is 24.3. The third-order valence-corrected chi connectivity index (χ3v) is 5.62. The number of carbonyl (C=O) groups is 1. The van der Waals surface area contributed by atoms with Crippen molar-refractivity contribution < 1.29 is 4.79 Å². The first-order valence-corrected chi connectivity index (χ1v) is 9.58. The molecule has 1 amide bonds. The monoisotopic (exact) mass is 338 g/mol. The predicted octanol–water partition coefficient (Wildman–Crippen LogP) is 3.68. The fraction of sp³-hybridized carbons (Fsp3) is 0.550. The Hall–Kier alpha value is -2.17. The van der Waals surface area contributed by atoms with Crippen LogP contribution in [-0.2, 0) is 11.2 Å². The average Bonchev–Trinajstić information content (AvgIpc) is 3.42. The third kappa shape index (κ3) is 3.08. The Kier molecular flexibility index (Phi) is 4.55. The van der Waals surface area contributed by atoms with Crippen LogP contribution in [0.15, 0.2) is 30.6 Å². The standard InChI is InChI=1S/C20H26N4O/c1-2-18-21-12-14-24(18)19-11-5-9-16(22-19)17-10-6-13-23(17)20(25)15-7-3-4-8-15/h5,9,11-12,14-15,17H,2-4,6-8,10,13H2,1H3/t17-/m1/s1. The van der Waals surface area contributed by atoms with E-state index in [-0.39, 0.29) is 12.0 Å². The number of hydrogen-bond donors (Lipinski definition) is 0. The van der Waals surface area contributed by atoms with Gasteiger partial charge in [0.1, 0.15) is 11.6 Å². The summed E-state index contributed by atoms with van der Waals surface area (Å²) in [6.45, 7) is 2.97. The second-order valence-corrected chi connectivity index (χ2v) is 7.16. The Morgan fingerprint density at radius 1 is 1.20 bits per heavy atom. The summed E-state index contributed by atoms with van der Waals surface area (Å²) < 4.78 is 2.04. The van der Waals surface area contributed by atoms with Crippen LogP contribution in [0.5, 0.6) is 0 Å². The minimum atomic E-state index is 0.127. The van der Waals surface area contributed by atoms with Crippen molar-refractivity contribution in [1.82, 2.24) is 19.4 Å². The van der Waals surface area contributed by atoms with Crippen LogP contribution in [0.1, 0.15) is 63.0 Å². The van der Waals surface area contributed by atoms with Crippen LogP contribution in [0.3, 0.4) is 0 Å². The number of pyridine rings is 1. The number of nitrogens with zero attached hydrogens (tertiary/aromatic N) is 4. The molecular formula is C20H26N4O. The van der Waals surface area contributed by atoms with E-state index in [0.29, 0.717) is 5.91 Å². The van der Waals surface area contributed by atoms with Crippen molar-refractivity contribution in [2.75, 3.05) is 6.54 Å². The zero-order valence-corrected chi connectivity index (χ0v) is 14.9. The number of aryl methyl sites for hydroxylation is 1. The third-order valence-electron chi connectivity index (χ3n) is 5.62. The minimum Gasteiger partial charge on any atom is -0.334 e. The number of likely N-dealkylation sites (tertiary alicyclic amines) is 1. The van der Waals surface area contributed by atoms with Crippen molar-refractivity contribution in [2.45, 2.75) is 57.9 Å². The molecule has 1 saturated heterocycles. The van der Waals surface area contributed by atoms with Gasteiger partial charge in [0.25, 0.3) is 0 Å². The summed E-state index contributed by atoms with van der Waals surface area (Å²) in [6, 6.07) is 6.26. The lowest BCUT2D eigenvalue weighted by molar-refractivity contribution is -0.136. The summed E-state index contributed by atoms with van der Waals surface area (Å²) in [5.74, 6) is 2.50. The molecule has 4 rings (SSSR count). The van der Waals surface area contributed by atoms with E-state index < -0.39 is 0 Å². The molecule has 0 unspecified atom stereocenters. The van der Waals surface area contributed by atoms with E-state index in [2.05, 4.69) is 22.9 Å². The Morgan fingerprint density at radius 3 is 2.84 bits per heavy atom. The fourth-order valence-corrected chi connectivity index (χ4v) is 4.31. The second-order valence-electron chi connectivity index (χ2n) is 7.16. The maximum atomic E-state index is 12.9. The topological polar surface area (TPSA) is 51.0 Å². The van der Waals surface area contributed by atoms with Crippen molar-refractivity contribution in [3.63, 3.8) is 0 Å². The molecule has 2 aromatic rings. The summed E-state index contributed by atoms with van der Waals surface area (Å²) in [7, 11) is 0. The van der Waals surface area contributed by atoms with Gasteiger partial charge in [-0.1, -0.05) is 25.8 Å². The molecule has 1 aliphatic carbocycles. The van der Waals surface area contributed by atoms with Gasteiger partial charge < -0.3 is 4.90 Å². The van der Waals surface area contributed by atoms with Crippen LogP contribution in [0.25, 0.3) is 5.82 Å². The number of amides is 1. The maximum absolute atomic E-state index is 12.9. The Labute approximate surface area is 149 Å². The van der Waals surface area contributed by atoms with E-state index in [0.717, 1.165) is 56.0 Å². The molecule has 1 saturated carbocycles. The molecule has 2 fully saturated rings. The van der Waals surface area contributed by atoms with Crippen molar-refractivity contribution in [2.24, 2.45) is 5.92 Å². The van der Waals surface area contributed by atoms with Gasteiger partial charge in [-0.3, -0.25) is 9.36 Å². The van der Waals surface area contributed by atoms with E-state index in [9.17, 15) is 4.79 Å². The molecule has 3 heterocycles. The van der Waals surface area contributed by atoms with Gasteiger partial charge in [-0.15, -0.1) is 0 Å². The lowest BCUT2D eigenvalue weighted by atomic mass is 10.0. The van der Waals surface area contributed by atoms with Crippen molar-refractivity contribution >= 4 is 5.91 Å². The molecule has 0 spiro atoms. The number of rotatable bonds is 4. The largest absolute Gasteiger partial charge is 0.334 e. The highest BCUT2D eigenvalue weighted by atomic mass is 16.2. The molecule has 1 atom stereocenters. The molecule has 25 heavy (non-hydrogen) atoms. The van der Waals surface area contributed by atoms with E-state index in [1.165, 1.54) is 12.8 Å². The lowest BCUT2D eigenvalue weighted by Gasteiger charge is -2.27. The average molecular weight is 338 g/mol. The first kappa shape index (κ1) is 16.3. The molecule has 5 heteroatoms. The van der Waals surface area contributed by atoms with Gasteiger partial charge >= 0.3 is 0 Å².